The van der Waals surface area contributed by atoms with E-state index in [1.807, 2.05) is 101 Å². The van der Waals surface area contributed by atoms with Crippen molar-refractivity contribution in [3.05, 3.63) is 129 Å². The van der Waals surface area contributed by atoms with Gasteiger partial charge in [-0.25, -0.2) is 14.6 Å². The number of aromatic nitrogens is 1. The second-order valence-electron chi connectivity index (χ2n) is 30.3. The van der Waals surface area contributed by atoms with Crippen molar-refractivity contribution in [3.63, 3.8) is 0 Å². The molecule has 13 amide bonds. The number of likely N-dealkylation sites (tertiary alicyclic amines) is 1. The van der Waals surface area contributed by atoms with Crippen LogP contribution in [0.2, 0.25) is 0 Å². The summed E-state index contributed by atoms with van der Waals surface area (Å²) in [6.07, 6.45) is 14.4. The van der Waals surface area contributed by atoms with Crippen molar-refractivity contribution in [2.45, 2.75) is 188 Å². The van der Waals surface area contributed by atoms with E-state index < -0.39 is 114 Å². The standard InChI is InChI=1S/C82H118N14O15S4/c1-14-54(8)73(64(109-12)45-69(101)96-38-22-28-63(96)74(110-13)55(9)75(102)88-62(79-84-37-42-115-79)43-56-23-17-15-18-24-56)91(10)80(106)71(52(4)5)90-78(105)72(53(6)7)92(11)82(108)111-46-57-29-31-58(32-30-57)86-76(103)61(27-21-36-85-81(83)107)87-77(104)70(51(2)3)89-65(97)47-112-39-33-66(98)93-48-94-50-95(49-93)68(100)35-41-114-60-26-20-16-19-25-59(44-60)113-40-34-67(94)99/h15-20,23-26,29-32,37,42,44,51-55,61-64,70-74H,14,21-22,27-28,33-36,38-41,43,45-50H2,1-13H3,(H,86,103)(H,87,104)(H,88,102)(H,89,97)(H,90,105)(H3,83,85,107)/b19-16-,20-16?,25-19?,26-20+,59-25?,59-44?,60-26?,60-44?/t54-,55+,61-,62-,63-,64+,70-,71-,72-,73-,74+/m0/s1. The molecule has 3 aliphatic heterocycles. The number of urea groups is 1. The maximum Gasteiger partial charge on any atom is 0.410 e. The minimum absolute atomic E-state index is 0.00962. The number of carbonyl (C=O) groups is 12. The maximum absolute atomic E-state index is 15.0. The molecule has 2 aromatic carbocycles. The quantitative estimate of drug-likeness (QED) is 0.0264. The summed E-state index contributed by atoms with van der Waals surface area (Å²) in [7, 11) is 6.15. The Hall–Kier alpha value is -8.76. The van der Waals surface area contributed by atoms with E-state index in [0.717, 1.165) is 20.4 Å². The third-order valence-corrected chi connectivity index (χ3v) is 24.7. The molecule has 1 aliphatic carbocycles. The number of nitrogens with zero attached hydrogens (tertiary/aromatic N) is 7. The number of nitrogens with one attached hydrogen (secondary N) is 6. The van der Waals surface area contributed by atoms with Crippen molar-refractivity contribution in [3.8, 4) is 0 Å². The third kappa shape index (κ3) is 28.3. The Morgan fingerprint density at radius 1 is 0.722 bits per heavy atom. The molecule has 0 spiro atoms. The van der Waals surface area contributed by atoms with Crippen LogP contribution in [0.5, 0.6) is 0 Å². The second-order valence-corrected chi connectivity index (χ2v) is 34.7. The molecule has 7 rings (SSSR count). The van der Waals surface area contributed by atoms with Gasteiger partial charge in [0, 0.05) is 105 Å². The Morgan fingerprint density at radius 3 is 2.02 bits per heavy atom. The largest absolute Gasteiger partial charge is 0.445 e. The Balaban J connectivity index is 0.901. The van der Waals surface area contributed by atoms with Crippen molar-refractivity contribution in [1.29, 1.82) is 0 Å². The lowest BCUT2D eigenvalue weighted by molar-refractivity contribution is -0.158. The number of fused-ring (bicyclic) bond motifs is 3. The van der Waals surface area contributed by atoms with Crippen LogP contribution in [0.25, 0.3) is 0 Å². The first-order chi connectivity index (χ1) is 54.9. The summed E-state index contributed by atoms with van der Waals surface area (Å²) in [5.41, 5.74) is 7.19. The van der Waals surface area contributed by atoms with E-state index in [1.165, 1.54) is 56.9 Å². The molecule has 3 aromatic rings. The van der Waals surface area contributed by atoms with Gasteiger partial charge in [0.2, 0.25) is 59.1 Å². The zero-order valence-electron chi connectivity index (χ0n) is 68.5. The van der Waals surface area contributed by atoms with Crippen molar-refractivity contribution in [1.82, 2.24) is 61.0 Å². The van der Waals surface area contributed by atoms with Crippen molar-refractivity contribution in [2.75, 3.05) is 89.7 Å². The van der Waals surface area contributed by atoms with Crippen LogP contribution in [0.1, 0.15) is 142 Å². The number of hydrogen-bond acceptors (Lipinski definition) is 20. The first-order valence-corrected chi connectivity index (χ1v) is 43.5. The number of thioether (sulfide) groups is 3. The highest BCUT2D eigenvalue weighted by molar-refractivity contribution is 8.04. The topological polar surface area (TPSA) is 363 Å². The molecule has 2 saturated heterocycles. The van der Waals surface area contributed by atoms with Gasteiger partial charge in [0.1, 0.15) is 35.8 Å². The summed E-state index contributed by atoms with van der Waals surface area (Å²) >= 11 is 5.77. The van der Waals surface area contributed by atoms with Crippen LogP contribution in [-0.2, 0) is 75.2 Å². The van der Waals surface area contributed by atoms with E-state index in [1.54, 1.807) is 106 Å². The number of amides is 13. The van der Waals surface area contributed by atoms with Gasteiger partial charge in [0.25, 0.3) is 0 Å². The number of allylic oxidation sites excluding steroid dienone is 6. The van der Waals surface area contributed by atoms with Crippen molar-refractivity contribution in [2.24, 2.45) is 35.3 Å². The highest BCUT2D eigenvalue weighted by atomic mass is 32.2. The van der Waals surface area contributed by atoms with Crippen LogP contribution < -0.4 is 37.6 Å². The zero-order valence-corrected chi connectivity index (χ0v) is 71.8. The van der Waals surface area contributed by atoms with Crippen molar-refractivity contribution < 1.29 is 71.7 Å². The minimum atomic E-state index is -1.16. The SMILES string of the molecule is CC[C@H](C)[C@@H]([C@@H](CC(=O)N1CCC[C@H]1[C@H](OC)[C@@H](C)C(=O)N[C@@H](Cc1ccccc1)c1nccs1)OC)N(C)C(=O)[C@@H](NC(=O)[C@H](C(C)C)N(C)C(=O)OCc1ccc(NC(=O)[C@H](CCCNC(N)=O)NC(=O)[C@@H](NC(=O)CSCCC(=O)N2CN3CN(C2)C(=O)CCSC2=CC(=C/C=C\C=C\2)SCCC3=O)C(C)C)cc1)C(C)C. The molecule has 630 valence electrons. The van der Waals surface area contributed by atoms with Gasteiger partial charge in [-0.1, -0.05) is 129 Å². The molecule has 115 heavy (non-hydrogen) atoms. The first-order valence-electron chi connectivity index (χ1n) is 39.4. The van der Waals surface area contributed by atoms with E-state index in [2.05, 4.69) is 43.0 Å². The Labute approximate surface area is 693 Å². The average molecular weight is 1670 g/mol. The lowest BCUT2D eigenvalue weighted by Crippen LogP contribution is -2.60. The molecule has 29 nitrogen and oxygen atoms in total. The Bertz CT molecular complexity index is 3870. The Morgan fingerprint density at radius 2 is 1.40 bits per heavy atom. The molecule has 4 heterocycles. The highest BCUT2D eigenvalue weighted by Crippen LogP contribution is 2.33. The minimum Gasteiger partial charge on any atom is -0.445 e. The number of benzene rings is 2. The fourth-order valence-corrected chi connectivity index (χ4v) is 17.6. The molecule has 2 fully saturated rings. The fraction of sp³-hybridized carbons (Fsp3) is 0.573. The molecule has 8 N–H and O–H groups in total. The van der Waals surface area contributed by atoms with E-state index in [-0.39, 0.29) is 125 Å². The summed E-state index contributed by atoms with van der Waals surface area (Å²) < 4.78 is 18.0. The highest BCUT2D eigenvalue weighted by Gasteiger charge is 2.45. The Kier molecular flexibility index (Phi) is 38.0. The van der Waals surface area contributed by atoms with Gasteiger partial charge in [0.15, 0.2) is 0 Å². The molecule has 0 unspecified atom stereocenters. The number of rotatable bonds is 38. The predicted molar refractivity (Wildman–Crippen MR) is 449 cm³/mol. The lowest BCUT2D eigenvalue weighted by Gasteiger charge is -2.42. The smallest absolute Gasteiger partial charge is 0.410 e. The van der Waals surface area contributed by atoms with Crippen LogP contribution in [0, 0.1) is 29.6 Å². The van der Waals surface area contributed by atoms with Gasteiger partial charge < -0.3 is 76.3 Å². The van der Waals surface area contributed by atoms with E-state index in [4.69, 9.17) is 19.9 Å². The third-order valence-electron chi connectivity index (χ3n) is 20.9. The van der Waals surface area contributed by atoms with Crippen LogP contribution in [0.15, 0.2) is 112 Å². The second kappa shape index (κ2) is 46.8. The molecule has 11 atom stereocenters. The molecular weight excluding hydrogens is 1550 g/mol. The monoisotopic (exact) mass is 1670 g/mol. The number of carbonyl (C=O) groups excluding carboxylic acids is 12. The number of ether oxygens (including phenoxy) is 3. The molecule has 0 saturated carbocycles. The number of thiazole rings is 1. The predicted octanol–water partition coefficient (Wildman–Crippen LogP) is 8.56. The van der Waals surface area contributed by atoms with Gasteiger partial charge in [-0.05, 0) is 97.3 Å². The van der Waals surface area contributed by atoms with E-state index >= 15 is 0 Å². The number of nitrogens with two attached hydrogens (primary N) is 1. The maximum atomic E-state index is 15.0. The summed E-state index contributed by atoms with van der Waals surface area (Å²) in [4.78, 5) is 182. The normalized spacial score (nSPS) is 18.6. The molecule has 1 aromatic heterocycles. The molecular formula is C82H118N14O15S4. The van der Waals surface area contributed by atoms with Gasteiger partial charge in [-0.15, -0.1) is 34.9 Å². The van der Waals surface area contributed by atoms with Crippen LogP contribution in [0.3, 0.4) is 0 Å². The summed E-state index contributed by atoms with van der Waals surface area (Å²) in [6, 6.07) is 9.64. The van der Waals surface area contributed by atoms with E-state index in [0.29, 0.717) is 55.0 Å². The van der Waals surface area contributed by atoms with Gasteiger partial charge >= 0.3 is 12.1 Å². The van der Waals surface area contributed by atoms with E-state index in [9.17, 15) is 57.5 Å². The molecule has 0 radical (unpaired) electrons. The van der Waals surface area contributed by atoms with Crippen molar-refractivity contribution >= 4 is 124 Å². The molecule has 4 aliphatic rings. The summed E-state index contributed by atoms with van der Waals surface area (Å²) in [5, 5.41) is 19.7. The zero-order chi connectivity index (χ0) is 84.0. The van der Waals surface area contributed by atoms with Gasteiger partial charge in [-0.3, -0.25) is 52.8 Å². The number of primary amides is 1. The van der Waals surface area contributed by atoms with Gasteiger partial charge in [0.05, 0.1) is 68.4 Å². The number of anilines is 1. The number of likely N-dealkylation sites (N-methyl/N-ethyl adjacent to an activating group) is 2. The number of methoxy groups -OCH3 is 2. The number of hydrogen-bond donors (Lipinski definition) is 7. The molecule has 33 heteroatoms. The van der Waals surface area contributed by atoms with Crippen LogP contribution >= 0.6 is 46.6 Å². The van der Waals surface area contributed by atoms with Crippen LogP contribution in [0.4, 0.5) is 15.3 Å². The first kappa shape index (κ1) is 93.4. The van der Waals surface area contributed by atoms with Crippen LogP contribution in [-0.4, -0.2) is 238 Å². The van der Waals surface area contributed by atoms with Gasteiger partial charge in [-0.2, -0.15) is 11.8 Å². The summed E-state index contributed by atoms with van der Waals surface area (Å²) in [6.45, 7) is 16.8. The fourth-order valence-electron chi connectivity index (χ4n) is 14.4. The summed E-state index contributed by atoms with van der Waals surface area (Å²) in [5.74, 6) is -4.90. The average Bonchev–Trinajstić information content (AvgIpc) is 1.78. The lowest BCUT2D eigenvalue weighted by atomic mass is 9.89. The molecule has 4 bridgehead atoms.